The lowest BCUT2D eigenvalue weighted by Gasteiger charge is -2.18. The van der Waals surface area contributed by atoms with Gasteiger partial charge in [-0.05, 0) is 54.4 Å². The number of carbonyl (C=O) groups excluding carboxylic acids is 1. The van der Waals surface area contributed by atoms with Gasteiger partial charge in [0.1, 0.15) is 5.75 Å². The Morgan fingerprint density at radius 2 is 1.58 bits per heavy atom. The molecule has 0 aromatic heterocycles. The number of hydrogen-bond donors (Lipinski definition) is 1. The second-order valence-electron chi connectivity index (χ2n) is 7.24. The van der Waals surface area contributed by atoms with E-state index >= 15 is 0 Å². The summed E-state index contributed by atoms with van der Waals surface area (Å²) in [5.74, 6) is 0.567. The van der Waals surface area contributed by atoms with E-state index in [0.717, 1.165) is 16.9 Å². The van der Waals surface area contributed by atoms with Gasteiger partial charge in [0.25, 0.3) is 5.91 Å². The van der Waals surface area contributed by atoms with E-state index in [0.29, 0.717) is 5.56 Å². The van der Waals surface area contributed by atoms with Gasteiger partial charge in [0, 0.05) is 19.2 Å². The van der Waals surface area contributed by atoms with Crippen LogP contribution in [-0.2, 0) is 16.6 Å². The molecule has 6 nitrogen and oxygen atoms in total. The number of nitrogens with one attached hydrogen (secondary N) is 1. The van der Waals surface area contributed by atoms with Crippen molar-refractivity contribution in [2.24, 2.45) is 0 Å². The summed E-state index contributed by atoms with van der Waals surface area (Å²) in [6.07, 6.45) is 0. The summed E-state index contributed by atoms with van der Waals surface area (Å²) >= 11 is 0. The standard InChI is InChI=1S/C24H26N2O4S/c1-18(20-13-15-22(30-3)16-14-20)25-24(27)21-11-9-19(10-12-21)17-26(2)31(28,29)23-7-5-4-6-8-23/h4-16,18H,17H2,1-3H3,(H,25,27). The summed E-state index contributed by atoms with van der Waals surface area (Å²) in [6.45, 7) is 2.12. The zero-order valence-electron chi connectivity index (χ0n) is 17.8. The van der Waals surface area contributed by atoms with E-state index in [2.05, 4.69) is 5.32 Å². The highest BCUT2D eigenvalue weighted by Gasteiger charge is 2.20. The molecule has 0 aliphatic carbocycles. The molecule has 0 fully saturated rings. The summed E-state index contributed by atoms with van der Waals surface area (Å²) in [4.78, 5) is 12.8. The van der Waals surface area contributed by atoms with Gasteiger partial charge in [-0.2, -0.15) is 4.31 Å². The first kappa shape index (κ1) is 22.5. The van der Waals surface area contributed by atoms with Crippen LogP contribution in [0.15, 0.2) is 83.8 Å². The average Bonchev–Trinajstić information content (AvgIpc) is 2.80. The van der Waals surface area contributed by atoms with Crippen molar-refractivity contribution >= 4 is 15.9 Å². The van der Waals surface area contributed by atoms with Gasteiger partial charge in [0.2, 0.25) is 10.0 Å². The summed E-state index contributed by atoms with van der Waals surface area (Å²) in [7, 11) is -0.419. The first-order valence-corrected chi connectivity index (χ1v) is 11.3. The van der Waals surface area contributed by atoms with Gasteiger partial charge in [0.15, 0.2) is 0 Å². The molecule has 0 saturated carbocycles. The fourth-order valence-corrected chi connectivity index (χ4v) is 4.31. The minimum atomic E-state index is -3.57. The molecule has 7 heteroatoms. The zero-order chi connectivity index (χ0) is 22.4. The maximum atomic E-state index is 12.7. The van der Waals surface area contributed by atoms with Crippen molar-refractivity contribution in [1.82, 2.24) is 9.62 Å². The molecule has 31 heavy (non-hydrogen) atoms. The monoisotopic (exact) mass is 438 g/mol. The SMILES string of the molecule is COc1ccc(C(C)NC(=O)c2ccc(CN(C)S(=O)(=O)c3ccccc3)cc2)cc1. The van der Waals surface area contributed by atoms with Gasteiger partial charge >= 0.3 is 0 Å². The Labute approximate surface area is 183 Å². The third-order valence-electron chi connectivity index (χ3n) is 5.04. The number of amides is 1. The van der Waals surface area contributed by atoms with Crippen LogP contribution < -0.4 is 10.1 Å². The van der Waals surface area contributed by atoms with Crippen molar-refractivity contribution in [3.8, 4) is 5.75 Å². The van der Waals surface area contributed by atoms with E-state index < -0.39 is 10.0 Å². The number of sulfonamides is 1. The highest BCUT2D eigenvalue weighted by atomic mass is 32.2. The second kappa shape index (κ2) is 9.76. The van der Waals surface area contributed by atoms with Crippen LogP contribution >= 0.6 is 0 Å². The van der Waals surface area contributed by atoms with Crippen LogP contribution in [0.3, 0.4) is 0 Å². The van der Waals surface area contributed by atoms with Gasteiger partial charge in [-0.15, -0.1) is 0 Å². The molecule has 0 heterocycles. The van der Waals surface area contributed by atoms with E-state index in [9.17, 15) is 13.2 Å². The molecule has 0 spiro atoms. The molecular weight excluding hydrogens is 412 g/mol. The van der Waals surface area contributed by atoms with Crippen LogP contribution in [0, 0.1) is 0 Å². The normalized spacial score (nSPS) is 12.4. The minimum Gasteiger partial charge on any atom is -0.497 e. The Morgan fingerprint density at radius 3 is 2.16 bits per heavy atom. The Bertz CT molecular complexity index is 1110. The van der Waals surface area contributed by atoms with Crippen LogP contribution in [0.25, 0.3) is 0 Å². The number of methoxy groups -OCH3 is 1. The zero-order valence-corrected chi connectivity index (χ0v) is 18.6. The van der Waals surface area contributed by atoms with Crippen molar-refractivity contribution in [2.45, 2.75) is 24.4 Å². The Morgan fingerprint density at radius 1 is 0.968 bits per heavy atom. The first-order valence-electron chi connectivity index (χ1n) is 9.86. The number of ether oxygens (including phenoxy) is 1. The molecule has 1 unspecified atom stereocenters. The Hall–Kier alpha value is -3.16. The van der Waals surface area contributed by atoms with Gasteiger partial charge < -0.3 is 10.1 Å². The lowest BCUT2D eigenvalue weighted by Crippen LogP contribution is -2.27. The van der Waals surface area contributed by atoms with E-state index in [1.54, 1.807) is 68.8 Å². The molecule has 1 atom stereocenters. The first-order chi connectivity index (χ1) is 14.8. The van der Waals surface area contributed by atoms with Gasteiger partial charge in [-0.25, -0.2) is 8.42 Å². The topological polar surface area (TPSA) is 75.7 Å². The molecule has 0 saturated heterocycles. The average molecular weight is 439 g/mol. The summed E-state index contributed by atoms with van der Waals surface area (Å²) in [5, 5.41) is 2.97. The highest BCUT2D eigenvalue weighted by Crippen LogP contribution is 2.19. The van der Waals surface area contributed by atoms with E-state index in [-0.39, 0.29) is 23.4 Å². The third kappa shape index (κ3) is 5.51. The van der Waals surface area contributed by atoms with Gasteiger partial charge in [-0.1, -0.05) is 42.5 Å². The Kier molecular flexibility index (Phi) is 7.09. The maximum Gasteiger partial charge on any atom is 0.251 e. The number of benzene rings is 3. The predicted molar refractivity (Wildman–Crippen MR) is 120 cm³/mol. The van der Waals surface area contributed by atoms with Gasteiger partial charge in [-0.3, -0.25) is 4.79 Å². The van der Waals surface area contributed by atoms with Crippen LogP contribution in [0.2, 0.25) is 0 Å². The molecular formula is C24H26N2O4S. The summed E-state index contributed by atoms with van der Waals surface area (Å²) < 4.78 is 31.8. The lowest BCUT2D eigenvalue weighted by atomic mass is 10.1. The maximum absolute atomic E-state index is 12.7. The van der Waals surface area contributed by atoms with Crippen molar-refractivity contribution < 1.29 is 17.9 Å². The molecule has 0 bridgehead atoms. The smallest absolute Gasteiger partial charge is 0.251 e. The molecule has 0 radical (unpaired) electrons. The molecule has 3 aromatic rings. The van der Waals surface area contributed by atoms with E-state index in [1.807, 2.05) is 31.2 Å². The fraction of sp³-hybridized carbons (Fsp3) is 0.208. The van der Waals surface area contributed by atoms with Crippen LogP contribution in [0.5, 0.6) is 5.75 Å². The van der Waals surface area contributed by atoms with Crippen molar-refractivity contribution in [1.29, 1.82) is 0 Å². The molecule has 1 N–H and O–H groups in total. The number of carbonyl (C=O) groups is 1. The molecule has 162 valence electrons. The van der Waals surface area contributed by atoms with Crippen LogP contribution in [0.1, 0.15) is 34.5 Å². The lowest BCUT2D eigenvalue weighted by molar-refractivity contribution is 0.0940. The largest absolute Gasteiger partial charge is 0.497 e. The third-order valence-corrected chi connectivity index (χ3v) is 6.85. The highest BCUT2D eigenvalue weighted by molar-refractivity contribution is 7.89. The summed E-state index contributed by atoms with van der Waals surface area (Å²) in [5.41, 5.74) is 2.28. The van der Waals surface area contributed by atoms with Crippen LogP contribution in [-0.4, -0.2) is 32.8 Å². The number of nitrogens with zero attached hydrogens (tertiary/aromatic N) is 1. The Balaban J connectivity index is 1.63. The molecule has 3 rings (SSSR count). The fourth-order valence-electron chi connectivity index (χ4n) is 3.13. The molecule has 3 aromatic carbocycles. The molecule has 0 aliphatic rings. The number of hydrogen-bond acceptors (Lipinski definition) is 4. The quantitative estimate of drug-likeness (QED) is 0.577. The predicted octanol–water partition coefficient (Wildman–Crippen LogP) is 4.01. The molecule has 0 aliphatic heterocycles. The minimum absolute atomic E-state index is 0.166. The van der Waals surface area contributed by atoms with Crippen molar-refractivity contribution in [3.05, 3.63) is 95.6 Å². The van der Waals surface area contributed by atoms with Crippen molar-refractivity contribution in [3.63, 3.8) is 0 Å². The van der Waals surface area contributed by atoms with Crippen LogP contribution in [0.4, 0.5) is 0 Å². The summed E-state index contributed by atoms with van der Waals surface area (Å²) in [6, 6.07) is 22.6. The second-order valence-corrected chi connectivity index (χ2v) is 9.28. The van der Waals surface area contributed by atoms with Gasteiger partial charge in [0.05, 0.1) is 18.0 Å². The molecule has 1 amide bonds. The number of rotatable bonds is 8. The van der Waals surface area contributed by atoms with E-state index in [1.165, 1.54) is 4.31 Å². The van der Waals surface area contributed by atoms with E-state index in [4.69, 9.17) is 4.74 Å². The van der Waals surface area contributed by atoms with Crippen molar-refractivity contribution in [2.75, 3.05) is 14.2 Å².